The molecule has 0 N–H and O–H groups in total. The van der Waals surface area contributed by atoms with Crippen LogP contribution in [0.4, 0.5) is 0 Å². The summed E-state index contributed by atoms with van der Waals surface area (Å²) in [6.45, 7) is 6.01. The number of unbranched alkanes of at least 4 members (excludes halogenated alkanes) is 1. The second kappa shape index (κ2) is 7.21. The quantitative estimate of drug-likeness (QED) is 0.723. The molecule has 2 rings (SSSR count). The highest BCUT2D eigenvalue weighted by Gasteiger charge is 2.21. The summed E-state index contributed by atoms with van der Waals surface area (Å²) in [6.07, 6.45) is 3.38. The summed E-state index contributed by atoms with van der Waals surface area (Å²) in [6, 6.07) is 16.6. The Morgan fingerprint density at radius 3 is 2.43 bits per heavy atom. The number of hydrogen-bond acceptors (Lipinski definition) is 1. The van der Waals surface area contributed by atoms with E-state index in [0.29, 0.717) is 0 Å². The molecule has 2 aromatic carbocycles. The number of benzene rings is 2. The summed E-state index contributed by atoms with van der Waals surface area (Å²) in [4.78, 5) is 12.3. The molecule has 1 heteroatoms. The van der Waals surface area contributed by atoms with Gasteiger partial charge in [-0.3, -0.25) is 4.79 Å². The minimum Gasteiger partial charge on any atom is -0.299 e. The molecule has 0 bridgehead atoms. The maximum Gasteiger partial charge on any atom is 0.141 e. The number of ketones is 1. The third kappa shape index (κ3) is 3.81. The highest BCUT2D eigenvalue weighted by atomic mass is 16.1. The van der Waals surface area contributed by atoms with Crippen molar-refractivity contribution in [1.29, 1.82) is 0 Å². The van der Waals surface area contributed by atoms with Crippen LogP contribution in [0.25, 0.3) is 0 Å². The molecule has 0 aliphatic rings. The van der Waals surface area contributed by atoms with Crippen LogP contribution in [0.15, 0.2) is 48.5 Å². The van der Waals surface area contributed by atoms with E-state index < -0.39 is 0 Å². The molecule has 0 spiro atoms. The Kier molecular flexibility index (Phi) is 5.32. The van der Waals surface area contributed by atoms with Crippen molar-refractivity contribution in [2.24, 2.45) is 0 Å². The van der Waals surface area contributed by atoms with E-state index >= 15 is 0 Å². The van der Waals surface area contributed by atoms with Crippen LogP contribution in [0.2, 0.25) is 0 Å². The summed E-state index contributed by atoms with van der Waals surface area (Å²) >= 11 is 0. The number of aryl methyl sites for hydroxylation is 2. The zero-order valence-electron chi connectivity index (χ0n) is 13.2. The van der Waals surface area contributed by atoms with Crippen LogP contribution < -0.4 is 0 Å². The van der Waals surface area contributed by atoms with Crippen LogP contribution in [-0.4, -0.2) is 5.78 Å². The first-order valence-corrected chi connectivity index (χ1v) is 7.78. The average Bonchev–Trinajstić information content (AvgIpc) is 2.48. The second-order valence-electron chi connectivity index (χ2n) is 5.76. The van der Waals surface area contributed by atoms with E-state index in [1.165, 1.54) is 23.1 Å². The van der Waals surface area contributed by atoms with Crippen molar-refractivity contribution in [2.45, 2.75) is 46.0 Å². The molecule has 1 unspecified atom stereocenters. The van der Waals surface area contributed by atoms with Crippen molar-refractivity contribution in [2.75, 3.05) is 0 Å². The molecule has 0 saturated heterocycles. The van der Waals surface area contributed by atoms with Gasteiger partial charge in [-0.1, -0.05) is 67.4 Å². The summed E-state index contributed by atoms with van der Waals surface area (Å²) in [5.74, 6) is 0.0708. The third-order valence-electron chi connectivity index (χ3n) is 3.95. The number of carbonyl (C=O) groups excluding carboxylic acids is 1. The molecule has 0 heterocycles. The van der Waals surface area contributed by atoms with Gasteiger partial charge < -0.3 is 0 Å². The van der Waals surface area contributed by atoms with Gasteiger partial charge in [-0.15, -0.1) is 0 Å². The monoisotopic (exact) mass is 280 g/mol. The second-order valence-corrected chi connectivity index (χ2v) is 5.76. The van der Waals surface area contributed by atoms with Gasteiger partial charge in [-0.25, -0.2) is 0 Å². The van der Waals surface area contributed by atoms with E-state index in [9.17, 15) is 4.79 Å². The molecule has 21 heavy (non-hydrogen) atoms. The Morgan fingerprint density at radius 2 is 1.81 bits per heavy atom. The largest absolute Gasteiger partial charge is 0.299 e. The van der Waals surface area contributed by atoms with E-state index in [2.05, 4.69) is 44.2 Å². The van der Waals surface area contributed by atoms with Crippen molar-refractivity contribution in [3.05, 3.63) is 70.8 Å². The van der Waals surface area contributed by atoms with Gasteiger partial charge >= 0.3 is 0 Å². The molecule has 0 amide bonds. The van der Waals surface area contributed by atoms with Gasteiger partial charge in [-0.05, 0) is 43.4 Å². The molecule has 0 fully saturated rings. The van der Waals surface area contributed by atoms with E-state index in [-0.39, 0.29) is 11.7 Å². The first-order chi connectivity index (χ1) is 10.1. The summed E-state index contributed by atoms with van der Waals surface area (Å²) in [5.41, 5.74) is 4.85. The number of carbonyl (C=O) groups is 1. The normalized spacial score (nSPS) is 12.1. The van der Waals surface area contributed by atoms with Gasteiger partial charge in [0.15, 0.2) is 0 Å². The lowest BCUT2D eigenvalue weighted by atomic mass is 9.83. The Balaban J connectivity index is 2.48. The van der Waals surface area contributed by atoms with Gasteiger partial charge in [0.2, 0.25) is 0 Å². The Hall–Kier alpha value is -1.89. The fourth-order valence-electron chi connectivity index (χ4n) is 2.88. The highest BCUT2D eigenvalue weighted by molar-refractivity contribution is 5.87. The maximum absolute atomic E-state index is 12.3. The fourth-order valence-corrected chi connectivity index (χ4v) is 2.88. The summed E-state index contributed by atoms with van der Waals surface area (Å²) in [7, 11) is 0. The lowest BCUT2D eigenvalue weighted by Crippen LogP contribution is -2.13. The summed E-state index contributed by atoms with van der Waals surface area (Å²) < 4.78 is 0. The van der Waals surface area contributed by atoms with Gasteiger partial charge in [0.1, 0.15) is 5.78 Å². The van der Waals surface area contributed by atoms with E-state index in [4.69, 9.17) is 0 Å². The Bertz CT molecular complexity index is 598. The Labute approximate surface area is 128 Å². The van der Waals surface area contributed by atoms with Crippen molar-refractivity contribution >= 4 is 5.78 Å². The highest BCUT2D eigenvalue weighted by Crippen LogP contribution is 2.30. The zero-order valence-corrected chi connectivity index (χ0v) is 13.2. The summed E-state index contributed by atoms with van der Waals surface area (Å²) in [5, 5.41) is 0. The van der Waals surface area contributed by atoms with E-state index in [0.717, 1.165) is 18.4 Å². The topological polar surface area (TPSA) is 17.1 Å². The molecule has 0 saturated carbocycles. The minimum absolute atomic E-state index is 0.140. The molecular weight excluding hydrogens is 256 g/mol. The predicted molar refractivity (Wildman–Crippen MR) is 88.8 cm³/mol. The molecule has 0 aliphatic heterocycles. The average molecular weight is 280 g/mol. The van der Waals surface area contributed by atoms with Crippen LogP contribution in [0.5, 0.6) is 0 Å². The first kappa shape index (κ1) is 15.5. The number of Topliss-reactive ketones (excluding diaryl/α,β-unsaturated/α-hetero) is 1. The van der Waals surface area contributed by atoms with Gasteiger partial charge in [0.25, 0.3) is 0 Å². The number of hydrogen-bond donors (Lipinski definition) is 0. The van der Waals surface area contributed by atoms with Gasteiger partial charge in [-0.2, -0.15) is 0 Å². The lowest BCUT2D eigenvalue weighted by Gasteiger charge is -2.19. The number of rotatable bonds is 6. The zero-order chi connectivity index (χ0) is 15.2. The molecule has 0 aromatic heterocycles. The standard InChI is InChI=1S/C20H24O/c1-4-5-9-18-14-15(2)12-13-19(18)20(16(3)21)17-10-7-6-8-11-17/h6-8,10-14,20H,4-5,9H2,1-3H3. The van der Waals surface area contributed by atoms with Crippen LogP contribution in [0.1, 0.15) is 54.9 Å². The molecule has 0 radical (unpaired) electrons. The van der Waals surface area contributed by atoms with Crippen molar-refractivity contribution < 1.29 is 4.79 Å². The first-order valence-electron chi connectivity index (χ1n) is 7.78. The van der Waals surface area contributed by atoms with Crippen molar-refractivity contribution in [3.63, 3.8) is 0 Å². The molecular formula is C20H24O. The molecule has 1 nitrogen and oxygen atoms in total. The molecule has 2 aromatic rings. The van der Waals surface area contributed by atoms with Crippen molar-refractivity contribution in [3.8, 4) is 0 Å². The predicted octanol–water partition coefficient (Wildman–Crippen LogP) is 5.06. The van der Waals surface area contributed by atoms with Crippen LogP contribution in [0.3, 0.4) is 0 Å². The molecule has 1 atom stereocenters. The van der Waals surface area contributed by atoms with Crippen LogP contribution >= 0.6 is 0 Å². The third-order valence-corrected chi connectivity index (χ3v) is 3.95. The van der Waals surface area contributed by atoms with Gasteiger partial charge in [0, 0.05) is 0 Å². The Morgan fingerprint density at radius 1 is 1.10 bits per heavy atom. The van der Waals surface area contributed by atoms with E-state index in [1.54, 1.807) is 6.92 Å². The smallest absolute Gasteiger partial charge is 0.141 e. The van der Waals surface area contributed by atoms with Crippen LogP contribution in [0, 0.1) is 6.92 Å². The molecule has 0 aliphatic carbocycles. The fraction of sp³-hybridized carbons (Fsp3) is 0.350. The molecule has 110 valence electrons. The SMILES string of the molecule is CCCCc1cc(C)ccc1C(C(C)=O)c1ccccc1. The van der Waals surface area contributed by atoms with Gasteiger partial charge in [0.05, 0.1) is 5.92 Å². The lowest BCUT2D eigenvalue weighted by molar-refractivity contribution is -0.117. The van der Waals surface area contributed by atoms with E-state index in [1.807, 2.05) is 18.2 Å². The van der Waals surface area contributed by atoms with Crippen LogP contribution in [-0.2, 0) is 11.2 Å². The minimum atomic E-state index is -0.140. The maximum atomic E-state index is 12.3. The van der Waals surface area contributed by atoms with Crippen molar-refractivity contribution in [1.82, 2.24) is 0 Å².